The Morgan fingerprint density at radius 2 is 1.59 bits per heavy atom. The SMILES string of the molecule is CN(C)c1cccc2c(S(=O)(=O)Nc3cccc(-c4nc5ccccc5o4)c3)cccc12. The summed E-state index contributed by atoms with van der Waals surface area (Å²) in [7, 11) is 0.0471. The summed E-state index contributed by atoms with van der Waals surface area (Å²) in [5.41, 5.74) is 3.51. The third-order valence-electron chi connectivity index (χ3n) is 5.29. The van der Waals surface area contributed by atoms with Crippen LogP contribution in [0.25, 0.3) is 33.3 Å². The summed E-state index contributed by atoms with van der Waals surface area (Å²) in [6.45, 7) is 0. The highest BCUT2D eigenvalue weighted by molar-refractivity contribution is 7.93. The van der Waals surface area contributed by atoms with Gasteiger partial charge in [0.2, 0.25) is 5.89 Å². The van der Waals surface area contributed by atoms with E-state index in [-0.39, 0.29) is 4.90 Å². The number of anilines is 2. The number of oxazole rings is 1. The van der Waals surface area contributed by atoms with Crippen molar-refractivity contribution in [1.29, 1.82) is 0 Å². The summed E-state index contributed by atoms with van der Waals surface area (Å²) in [5, 5.41) is 1.54. The van der Waals surface area contributed by atoms with Gasteiger partial charge in [-0.15, -0.1) is 0 Å². The van der Waals surface area contributed by atoms with Crippen LogP contribution in [0.15, 0.2) is 94.2 Å². The molecule has 0 aliphatic heterocycles. The standard InChI is InChI=1S/C25H21N3O3S/c1-28(2)22-13-6-11-20-19(22)10-7-15-24(20)32(29,30)27-18-9-5-8-17(16-18)25-26-21-12-3-4-14-23(21)31-25/h3-16,27H,1-2H3. The van der Waals surface area contributed by atoms with Crippen molar-refractivity contribution in [3.63, 3.8) is 0 Å². The van der Waals surface area contributed by atoms with Crippen molar-refractivity contribution < 1.29 is 12.8 Å². The second kappa shape index (κ2) is 7.69. The molecule has 32 heavy (non-hydrogen) atoms. The Labute approximate surface area is 186 Å². The van der Waals surface area contributed by atoms with E-state index in [4.69, 9.17) is 4.42 Å². The zero-order valence-corrected chi connectivity index (χ0v) is 18.4. The molecule has 160 valence electrons. The van der Waals surface area contributed by atoms with Gasteiger partial charge in [0.05, 0.1) is 4.90 Å². The minimum absolute atomic E-state index is 0.228. The van der Waals surface area contributed by atoms with Crippen LogP contribution in [0.4, 0.5) is 11.4 Å². The quantitative estimate of drug-likeness (QED) is 0.387. The number of fused-ring (bicyclic) bond motifs is 2. The topological polar surface area (TPSA) is 75.4 Å². The first kappa shape index (κ1) is 20.1. The Kier molecular flexibility index (Phi) is 4.83. The smallest absolute Gasteiger partial charge is 0.262 e. The van der Waals surface area contributed by atoms with E-state index in [0.717, 1.165) is 16.6 Å². The number of para-hydroxylation sites is 2. The van der Waals surface area contributed by atoms with Crippen molar-refractivity contribution in [3.8, 4) is 11.5 Å². The maximum Gasteiger partial charge on any atom is 0.262 e. The second-order valence-electron chi connectivity index (χ2n) is 7.70. The minimum Gasteiger partial charge on any atom is -0.436 e. The lowest BCUT2D eigenvalue weighted by molar-refractivity contribution is 0.602. The number of nitrogens with zero attached hydrogens (tertiary/aromatic N) is 2. The zero-order chi connectivity index (χ0) is 22.3. The maximum absolute atomic E-state index is 13.3. The zero-order valence-electron chi connectivity index (χ0n) is 17.6. The molecule has 6 nitrogen and oxygen atoms in total. The first-order valence-corrected chi connectivity index (χ1v) is 11.6. The number of sulfonamides is 1. The van der Waals surface area contributed by atoms with Gasteiger partial charge < -0.3 is 9.32 Å². The predicted octanol–water partition coefficient (Wildman–Crippen LogP) is 5.51. The molecule has 0 spiro atoms. The molecule has 0 saturated carbocycles. The molecule has 0 saturated heterocycles. The van der Waals surface area contributed by atoms with E-state index >= 15 is 0 Å². The first-order valence-electron chi connectivity index (χ1n) is 10.1. The van der Waals surface area contributed by atoms with E-state index in [9.17, 15) is 8.42 Å². The average Bonchev–Trinajstić information content (AvgIpc) is 3.22. The molecule has 0 fully saturated rings. The molecule has 0 amide bonds. The Balaban J connectivity index is 1.53. The third kappa shape index (κ3) is 3.56. The third-order valence-corrected chi connectivity index (χ3v) is 6.73. The molecule has 1 heterocycles. The van der Waals surface area contributed by atoms with Gasteiger partial charge in [0.1, 0.15) is 5.52 Å². The van der Waals surface area contributed by atoms with Crippen LogP contribution in [0.2, 0.25) is 0 Å². The van der Waals surface area contributed by atoms with Crippen molar-refractivity contribution in [2.24, 2.45) is 0 Å². The molecule has 0 atom stereocenters. The molecule has 1 N–H and O–H groups in total. The maximum atomic E-state index is 13.3. The number of hydrogen-bond donors (Lipinski definition) is 1. The Bertz CT molecular complexity index is 1520. The lowest BCUT2D eigenvalue weighted by atomic mass is 10.1. The van der Waals surface area contributed by atoms with E-state index in [1.54, 1.807) is 30.3 Å². The van der Waals surface area contributed by atoms with Crippen molar-refractivity contribution in [2.45, 2.75) is 4.90 Å². The monoisotopic (exact) mass is 443 g/mol. The highest BCUT2D eigenvalue weighted by atomic mass is 32.2. The van der Waals surface area contributed by atoms with Crippen LogP contribution in [-0.4, -0.2) is 27.5 Å². The molecule has 0 unspecified atom stereocenters. The molecule has 0 aliphatic carbocycles. The molecule has 0 aliphatic rings. The van der Waals surface area contributed by atoms with E-state index in [1.165, 1.54) is 0 Å². The fourth-order valence-corrected chi connectivity index (χ4v) is 5.08. The Morgan fingerprint density at radius 3 is 2.41 bits per heavy atom. The summed E-state index contributed by atoms with van der Waals surface area (Å²) in [6.07, 6.45) is 0. The molecular weight excluding hydrogens is 422 g/mol. The summed E-state index contributed by atoms with van der Waals surface area (Å²) in [5.74, 6) is 0.438. The van der Waals surface area contributed by atoms with Gasteiger partial charge in [-0.1, -0.05) is 42.5 Å². The molecule has 0 radical (unpaired) electrons. The van der Waals surface area contributed by atoms with Gasteiger partial charge >= 0.3 is 0 Å². The fraction of sp³-hybridized carbons (Fsp3) is 0.0800. The molecule has 0 bridgehead atoms. The molecule has 7 heteroatoms. The summed E-state index contributed by atoms with van der Waals surface area (Å²) < 4.78 is 35.2. The Morgan fingerprint density at radius 1 is 0.844 bits per heavy atom. The van der Waals surface area contributed by atoms with Gasteiger partial charge in [-0.05, 0) is 42.5 Å². The minimum atomic E-state index is -3.83. The van der Waals surface area contributed by atoms with E-state index in [0.29, 0.717) is 28.1 Å². The number of benzene rings is 4. The van der Waals surface area contributed by atoms with Crippen molar-refractivity contribution in [3.05, 3.63) is 84.9 Å². The molecular formula is C25H21N3O3S. The van der Waals surface area contributed by atoms with Crippen LogP contribution < -0.4 is 9.62 Å². The lowest BCUT2D eigenvalue weighted by Crippen LogP contribution is -2.14. The van der Waals surface area contributed by atoms with Crippen molar-refractivity contribution in [2.75, 3.05) is 23.7 Å². The normalized spacial score (nSPS) is 11.7. The molecule has 1 aromatic heterocycles. The summed E-state index contributed by atoms with van der Waals surface area (Å²) in [6, 6.07) is 25.5. The van der Waals surface area contributed by atoms with Crippen LogP contribution in [0.5, 0.6) is 0 Å². The van der Waals surface area contributed by atoms with Gasteiger partial charge in [0.25, 0.3) is 10.0 Å². The van der Waals surface area contributed by atoms with Crippen LogP contribution in [-0.2, 0) is 10.0 Å². The number of nitrogens with one attached hydrogen (secondary N) is 1. The highest BCUT2D eigenvalue weighted by Gasteiger charge is 2.19. The van der Waals surface area contributed by atoms with Crippen LogP contribution in [0.1, 0.15) is 0 Å². The van der Waals surface area contributed by atoms with Gasteiger partial charge in [-0.3, -0.25) is 4.72 Å². The first-order chi connectivity index (χ1) is 15.4. The summed E-state index contributed by atoms with van der Waals surface area (Å²) >= 11 is 0. The van der Waals surface area contributed by atoms with Crippen LogP contribution in [0.3, 0.4) is 0 Å². The number of hydrogen-bond acceptors (Lipinski definition) is 5. The Hall–Kier alpha value is -3.84. The van der Waals surface area contributed by atoms with Gasteiger partial charge in [-0.2, -0.15) is 0 Å². The highest BCUT2D eigenvalue weighted by Crippen LogP contribution is 2.32. The molecule has 4 aromatic carbocycles. The van der Waals surface area contributed by atoms with Gasteiger partial charge in [-0.25, -0.2) is 13.4 Å². The van der Waals surface area contributed by atoms with E-state index in [1.807, 2.05) is 73.6 Å². The van der Waals surface area contributed by atoms with Gasteiger partial charge in [0.15, 0.2) is 5.58 Å². The van der Waals surface area contributed by atoms with E-state index in [2.05, 4.69) is 9.71 Å². The fourth-order valence-electron chi connectivity index (χ4n) is 3.81. The largest absolute Gasteiger partial charge is 0.436 e. The second-order valence-corrected chi connectivity index (χ2v) is 9.35. The van der Waals surface area contributed by atoms with Gasteiger partial charge in [0, 0.05) is 41.8 Å². The van der Waals surface area contributed by atoms with Crippen molar-refractivity contribution >= 4 is 43.3 Å². The van der Waals surface area contributed by atoms with Crippen LogP contribution in [0, 0.1) is 0 Å². The predicted molar refractivity (Wildman–Crippen MR) is 129 cm³/mol. The number of rotatable bonds is 5. The molecule has 5 aromatic rings. The van der Waals surface area contributed by atoms with Crippen LogP contribution >= 0.6 is 0 Å². The number of aromatic nitrogens is 1. The average molecular weight is 444 g/mol. The van der Waals surface area contributed by atoms with Crippen molar-refractivity contribution in [1.82, 2.24) is 4.98 Å². The lowest BCUT2D eigenvalue weighted by Gasteiger charge is -2.17. The molecule has 5 rings (SSSR count). The summed E-state index contributed by atoms with van der Waals surface area (Å²) in [4.78, 5) is 6.69. The van der Waals surface area contributed by atoms with E-state index < -0.39 is 10.0 Å².